The van der Waals surface area contributed by atoms with Crippen molar-refractivity contribution in [2.45, 2.75) is 18.9 Å². The van der Waals surface area contributed by atoms with Crippen LogP contribution >= 0.6 is 0 Å². The molecule has 3 heterocycles. The van der Waals surface area contributed by atoms with E-state index in [4.69, 9.17) is 0 Å². The maximum atomic E-state index is 12.6. The van der Waals surface area contributed by atoms with Gasteiger partial charge in [-0.2, -0.15) is 0 Å². The number of aromatic nitrogens is 6. The maximum Gasteiger partial charge on any atom is 0.255 e. The van der Waals surface area contributed by atoms with Crippen molar-refractivity contribution in [1.29, 1.82) is 0 Å². The van der Waals surface area contributed by atoms with Crippen molar-refractivity contribution in [3.8, 4) is 11.4 Å². The third-order valence-electron chi connectivity index (χ3n) is 4.47. The molecule has 4 rings (SSSR count). The molecule has 1 aromatic carbocycles. The van der Waals surface area contributed by atoms with Crippen LogP contribution in [0.1, 0.15) is 23.2 Å². The molecular formula is C17H18N8O2. The van der Waals surface area contributed by atoms with E-state index in [-0.39, 0.29) is 23.3 Å². The number of benzene rings is 1. The van der Waals surface area contributed by atoms with Crippen LogP contribution in [0.5, 0.6) is 5.75 Å². The van der Waals surface area contributed by atoms with Gasteiger partial charge in [0, 0.05) is 37.6 Å². The number of nitrogens with zero attached hydrogens (tertiary/aromatic N) is 7. The summed E-state index contributed by atoms with van der Waals surface area (Å²) in [6.45, 7) is 1.52. The highest BCUT2D eigenvalue weighted by Crippen LogP contribution is 2.22. The third-order valence-corrected chi connectivity index (χ3v) is 4.47. The van der Waals surface area contributed by atoms with E-state index in [1.54, 1.807) is 30.7 Å². The minimum Gasteiger partial charge on any atom is -0.507 e. The fourth-order valence-electron chi connectivity index (χ4n) is 3.15. The van der Waals surface area contributed by atoms with Crippen LogP contribution in [0.3, 0.4) is 0 Å². The smallest absolute Gasteiger partial charge is 0.255 e. The van der Waals surface area contributed by atoms with E-state index in [2.05, 4.69) is 35.7 Å². The molecule has 1 aliphatic rings. The number of carbonyl (C=O) groups excluding carboxylic acids is 1. The number of amides is 1. The van der Waals surface area contributed by atoms with E-state index < -0.39 is 0 Å². The summed E-state index contributed by atoms with van der Waals surface area (Å²) in [6, 6.07) is 4.66. The number of hydrogen-bond donors (Lipinski definition) is 2. The zero-order chi connectivity index (χ0) is 18.6. The molecule has 1 atom stereocenters. The van der Waals surface area contributed by atoms with Gasteiger partial charge in [-0.3, -0.25) is 9.78 Å². The Balaban J connectivity index is 1.44. The third kappa shape index (κ3) is 3.68. The Morgan fingerprint density at radius 1 is 1.30 bits per heavy atom. The summed E-state index contributed by atoms with van der Waals surface area (Å²) in [6.07, 6.45) is 8.22. The zero-order valence-electron chi connectivity index (χ0n) is 14.4. The van der Waals surface area contributed by atoms with Gasteiger partial charge in [0.15, 0.2) is 0 Å². The summed E-state index contributed by atoms with van der Waals surface area (Å²) in [5.74, 6) is 0.356. The van der Waals surface area contributed by atoms with Gasteiger partial charge in [0.2, 0.25) is 0 Å². The van der Waals surface area contributed by atoms with Gasteiger partial charge >= 0.3 is 0 Å². The second kappa shape index (κ2) is 7.36. The molecular weight excluding hydrogens is 348 g/mol. The van der Waals surface area contributed by atoms with E-state index in [9.17, 15) is 9.90 Å². The van der Waals surface area contributed by atoms with Gasteiger partial charge in [-0.15, -0.1) is 5.10 Å². The summed E-state index contributed by atoms with van der Waals surface area (Å²) < 4.78 is 1.40. The van der Waals surface area contributed by atoms with Crippen molar-refractivity contribution in [3.63, 3.8) is 0 Å². The quantitative estimate of drug-likeness (QED) is 0.687. The molecule has 10 nitrogen and oxygen atoms in total. The lowest BCUT2D eigenvalue weighted by atomic mass is 10.0. The van der Waals surface area contributed by atoms with Gasteiger partial charge in [-0.25, -0.2) is 9.67 Å². The number of tetrazole rings is 1. The normalized spacial score (nSPS) is 16.9. The molecule has 27 heavy (non-hydrogen) atoms. The summed E-state index contributed by atoms with van der Waals surface area (Å²) in [5.41, 5.74) is 0.781. The summed E-state index contributed by atoms with van der Waals surface area (Å²) >= 11 is 0. The zero-order valence-corrected chi connectivity index (χ0v) is 14.4. The van der Waals surface area contributed by atoms with E-state index >= 15 is 0 Å². The molecule has 2 N–H and O–H groups in total. The standard InChI is InChI=1S/C17H18N8O2/c26-15-8-13(25-11-20-22-23-25)3-4-14(15)17(27)21-12-2-1-7-24(10-12)16-9-18-5-6-19-16/h3-6,8-9,11-12,26H,1-2,7,10H2,(H,21,27)/t12-/m0/s1. The molecule has 3 aromatic rings. The number of phenolic OH excluding ortho intramolecular Hbond substituents is 1. The van der Waals surface area contributed by atoms with Gasteiger partial charge < -0.3 is 15.3 Å². The minimum atomic E-state index is -0.318. The van der Waals surface area contributed by atoms with Crippen molar-refractivity contribution < 1.29 is 9.90 Å². The average Bonchev–Trinajstić information content (AvgIpc) is 3.23. The number of aromatic hydroxyl groups is 1. The molecule has 2 aromatic heterocycles. The van der Waals surface area contributed by atoms with Gasteiger partial charge in [-0.1, -0.05) is 0 Å². The second-order valence-electron chi connectivity index (χ2n) is 6.28. The fourth-order valence-corrected chi connectivity index (χ4v) is 3.15. The molecule has 0 spiro atoms. The van der Waals surface area contributed by atoms with E-state index in [1.165, 1.54) is 17.1 Å². The van der Waals surface area contributed by atoms with Crippen LogP contribution < -0.4 is 10.2 Å². The van der Waals surface area contributed by atoms with Crippen LogP contribution in [-0.2, 0) is 0 Å². The Kier molecular flexibility index (Phi) is 4.60. The summed E-state index contributed by atoms with van der Waals surface area (Å²) in [4.78, 5) is 23.1. The van der Waals surface area contributed by atoms with Crippen molar-refractivity contribution in [1.82, 2.24) is 35.5 Å². The van der Waals surface area contributed by atoms with Crippen molar-refractivity contribution in [3.05, 3.63) is 48.7 Å². The Labute approximate surface area is 154 Å². The number of carbonyl (C=O) groups is 1. The Bertz CT molecular complexity index is 916. The fraction of sp³-hybridized carbons (Fsp3) is 0.294. The predicted octanol–water partition coefficient (Wildman–Crippen LogP) is 0.557. The minimum absolute atomic E-state index is 0.0353. The number of anilines is 1. The first-order chi connectivity index (χ1) is 13.2. The number of hydrogen-bond acceptors (Lipinski definition) is 8. The molecule has 0 radical (unpaired) electrons. The highest BCUT2D eigenvalue weighted by Gasteiger charge is 2.24. The monoisotopic (exact) mass is 366 g/mol. The first-order valence-corrected chi connectivity index (χ1v) is 8.59. The van der Waals surface area contributed by atoms with Crippen LogP contribution in [-0.4, -0.2) is 60.3 Å². The van der Waals surface area contributed by atoms with Crippen molar-refractivity contribution in [2.75, 3.05) is 18.0 Å². The number of phenols is 1. The van der Waals surface area contributed by atoms with Gasteiger partial charge in [0.25, 0.3) is 5.91 Å². The van der Waals surface area contributed by atoms with E-state index in [1.807, 2.05) is 0 Å². The molecule has 1 fully saturated rings. The Morgan fingerprint density at radius 2 is 2.22 bits per heavy atom. The molecule has 1 amide bonds. The summed E-state index contributed by atoms with van der Waals surface area (Å²) in [5, 5.41) is 24.1. The number of nitrogens with one attached hydrogen (secondary N) is 1. The largest absolute Gasteiger partial charge is 0.507 e. The predicted molar refractivity (Wildman–Crippen MR) is 95.6 cm³/mol. The van der Waals surface area contributed by atoms with Gasteiger partial charge in [0.1, 0.15) is 17.9 Å². The van der Waals surface area contributed by atoms with Crippen LogP contribution in [0.2, 0.25) is 0 Å². The van der Waals surface area contributed by atoms with Crippen molar-refractivity contribution in [2.24, 2.45) is 0 Å². The lowest BCUT2D eigenvalue weighted by Crippen LogP contribution is -2.48. The molecule has 0 bridgehead atoms. The molecule has 0 saturated carbocycles. The topological polar surface area (TPSA) is 122 Å². The van der Waals surface area contributed by atoms with Crippen LogP contribution in [0, 0.1) is 0 Å². The van der Waals surface area contributed by atoms with Gasteiger partial charge in [-0.05, 0) is 35.4 Å². The SMILES string of the molecule is O=C(N[C@H]1CCCN(c2cnccn2)C1)c1ccc(-n2cnnn2)cc1O. The number of rotatable bonds is 4. The van der Waals surface area contributed by atoms with E-state index in [0.29, 0.717) is 12.2 Å². The van der Waals surface area contributed by atoms with E-state index in [0.717, 1.165) is 25.2 Å². The van der Waals surface area contributed by atoms with Crippen LogP contribution in [0.25, 0.3) is 5.69 Å². The lowest BCUT2D eigenvalue weighted by molar-refractivity contribution is 0.0930. The molecule has 0 unspecified atom stereocenters. The van der Waals surface area contributed by atoms with Crippen LogP contribution in [0.4, 0.5) is 5.82 Å². The van der Waals surface area contributed by atoms with Gasteiger partial charge in [0.05, 0.1) is 17.4 Å². The maximum absolute atomic E-state index is 12.6. The Hall–Kier alpha value is -3.56. The first-order valence-electron chi connectivity index (χ1n) is 8.59. The second-order valence-corrected chi connectivity index (χ2v) is 6.28. The van der Waals surface area contributed by atoms with Crippen LogP contribution in [0.15, 0.2) is 43.1 Å². The molecule has 10 heteroatoms. The summed E-state index contributed by atoms with van der Waals surface area (Å²) in [7, 11) is 0. The van der Waals surface area contributed by atoms with Crippen molar-refractivity contribution >= 4 is 11.7 Å². The average molecular weight is 366 g/mol. The highest BCUT2D eigenvalue weighted by atomic mass is 16.3. The molecule has 1 saturated heterocycles. The highest BCUT2D eigenvalue weighted by molar-refractivity contribution is 5.97. The molecule has 1 aliphatic heterocycles. The molecule has 138 valence electrons. The first kappa shape index (κ1) is 16.9. The lowest BCUT2D eigenvalue weighted by Gasteiger charge is -2.33. The molecule has 0 aliphatic carbocycles. The number of piperidine rings is 1. The Morgan fingerprint density at radius 3 is 2.96 bits per heavy atom.